The van der Waals surface area contributed by atoms with E-state index in [0.29, 0.717) is 5.02 Å². The number of ether oxygens (including phenoxy) is 1. The first-order valence-electron chi connectivity index (χ1n) is 5.99. The molecule has 0 saturated heterocycles. The molecule has 1 rings (SSSR count). The van der Waals surface area contributed by atoms with Gasteiger partial charge in [0, 0.05) is 11.4 Å². The van der Waals surface area contributed by atoms with Crippen LogP contribution in [0, 0.1) is 0 Å². The van der Waals surface area contributed by atoms with E-state index in [4.69, 9.17) is 21.4 Å². The highest BCUT2D eigenvalue weighted by Gasteiger charge is 2.15. The van der Waals surface area contributed by atoms with Gasteiger partial charge in [-0.05, 0) is 19.1 Å². The molecule has 0 fully saturated rings. The van der Waals surface area contributed by atoms with Crippen molar-refractivity contribution in [3.05, 3.63) is 29.3 Å². The number of carbonyl (C=O) groups excluding carboxylic acids is 1. The third-order valence-corrected chi connectivity index (χ3v) is 3.90. The van der Waals surface area contributed by atoms with Crippen molar-refractivity contribution in [3.63, 3.8) is 0 Å². The first kappa shape index (κ1) is 16.8. The Labute approximate surface area is 126 Å². The van der Waals surface area contributed by atoms with Gasteiger partial charge in [0.05, 0.1) is 16.9 Å². The van der Waals surface area contributed by atoms with E-state index in [2.05, 4.69) is 5.32 Å². The Morgan fingerprint density at radius 1 is 1.45 bits per heavy atom. The molecule has 0 aliphatic rings. The van der Waals surface area contributed by atoms with Gasteiger partial charge in [0.15, 0.2) is 0 Å². The summed E-state index contributed by atoms with van der Waals surface area (Å²) in [5.74, 6) is -1.17. The Hall–Kier alpha value is -1.24. The summed E-state index contributed by atoms with van der Waals surface area (Å²) in [7, 11) is 0. The van der Waals surface area contributed by atoms with E-state index in [9.17, 15) is 9.59 Å². The van der Waals surface area contributed by atoms with Gasteiger partial charge in [-0.15, -0.1) is 11.8 Å². The number of carboxylic acids is 1. The highest BCUT2D eigenvalue weighted by molar-refractivity contribution is 8.00. The minimum Gasteiger partial charge on any atom is -0.480 e. The molecule has 1 unspecified atom stereocenters. The number of amides is 1. The van der Waals surface area contributed by atoms with Crippen LogP contribution in [0.2, 0.25) is 5.02 Å². The van der Waals surface area contributed by atoms with E-state index in [-0.39, 0.29) is 30.9 Å². The van der Waals surface area contributed by atoms with Gasteiger partial charge in [-0.3, -0.25) is 4.79 Å². The smallest absolute Gasteiger partial charge is 0.329 e. The summed E-state index contributed by atoms with van der Waals surface area (Å²) in [5, 5.41) is 11.4. The molecule has 0 saturated carbocycles. The molecular weight excluding hydrogens is 302 g/mol. The number of halogens is 1. The molecule has 0 radical (unpaired) electrons. The van der Waals surface area contributed by atoms with Gasteiger partial charge in [0.1, 0.15) is 6.61 Å². The molecule has 0 bridgehead atoms. The maximum Gasteiger partial charge on any atom is 0.329 e. The van der Waals surface area contributed by atoms with Crippen molar-refractivity contribution in [2.75, 3.05) is 19.8 Å². The van der Waals surface area contributed by atoms with Crippen molar-refractivity contribution >= 4 is 35.2 Å². The average Bonchev–Trinajstić information content (AvgIpc) is 2.40. The number of nitrogens with one attached hydrogen (secondary N) is 1. The second-order valence-corrected chi connectivity index (χ2v) is 5.72. The fourth-order valence-corrected chi connectivity index (χ4v) is 2.51. The largest absolute Gasteiger partial charge is 0.480 e. The number of hydrogen-bond donors (Lipinski definition) is 2. The molecule has 110 valence electrons. The summed E-state index contributed by atoms with van der Waals surface area (Å²) < 4.78 is 4.82. The normalized spacial score (nSPS) is 11.9. The molecule has 0 aliphatic heterocycles. The van der Waals surface area contributed by atoms with Crippen LogP contribution in [-0.4, -0.2) is 42.0 Å². The average molecular weight is 318 g/mol. The Balaban J connectivity index is 2.29. The van der Waals surface area contributed by atoms with Crippen LogP contribution in [0.25, 0.3) is 0 Å². The predicted octanol–water partition coefficient (Wildman–Crippen LogP) is 2.04. The number of carbonyl (C=O) groups is 2. The Morgan fingerprint density at radius 3 is 2.80 bits per heavy atom. The van der Waals surface area contributed by atoms with Gasteiger partial charge >= 0.3 is 5.97 Å². The van der Waals surface area contributed by atoms with Crippen molar-refractivity contribution in [3.8, 4) is 0 Å². The quantitative estimate of drug-likeness (QED) is 0.567. The zero-order valence-electron chi connectivity index (χ0n) is 11.0. The van der Waals surface area contributed by atoms with Crippen LogP contribution in [0.3, 0.4) is 0 Å². The second-order valence-electron chi connectivity index (χ2n) is 3.93. The summed E-state index contributed by atoms with van der Waals surface area (Å²) >= 11 is 7.39. The molecule has 7 heteroatoms. The summed E-state index contributed by atoms with van der Waals surface area (Å²) in [4.78, 5) is 22.9. The molecular formula is C13H16ClNO4S. The Kier molecular flexibility index (Phi) is 7.43. The minimum absolute atomic E-state index is 0.145. The van der Waals surface area contributed by atoms with Gasteiger partial charge in [0.2, 0.25) is 5.91 Å². The van der Waals surface area contributed by atoms with Crippen molar-refractivity contribution in [2.45, 2.75) is 17.1 Å². The molecule has 0 spiro atoms. The molecule has 2 N–H and O–H groups in total. The molecule has 1 amide bonds. The first-order chi connectivity index (χ1) is 9.50. The fraction of sp³-hybridized carbons (Fsp3) is 0.385. The van der Waals surface area contributed by atoms with E-state index in [1.165, 1.54) is 11.8 Å². The highest BCUT2D eigenvalue weighted by Crippen LogP contribution is 2.29. The predicted molar refractivity (Wildman–Crippen MR) is 78.2 cm³/mol. The zero-order chi connectivity index (χ0) is 15.0. The highest BCUT2D eigenvalue weighted by atomic mass is 35.5. The first-order valence-corrected chi connectivity index (χ1v) is 7.25. The number of carboxylic acid groups (broad SMARTS) is 1. The molecule has 1 atom stereocenters. The van der Waals surface area contributed by atoms with Gasteiger partial charge in [-0.1, -0.05) is 23.7 Å². The number of aliphatic carboxylic acids is 1. The summed E-state index contributed by atoms with van der Waals surface area (Å²) in [6.45, 7) is 1.86. The van der Waals surface area contributed by atoms with Crippen LogP contribution in [0.15, 0.2) is 29.2 Å². The van der Waals surface area contributed by atoms with Crippen LogP contribution in [-0.2, 0) is 14.3 Å². The topological polar surface area (TPSA) is 75.6 Å². The maximum atomic E-state index is 11.8. The maximum absolute atomic E-state index is 11.8. The van der Waals surface area contributed by atoms with E-state index >= 15 is 0 Å². The van der Waals surface area contributed by atoms with E-state index < -0.39 is 5.97 Å². The van der Waals surface area contributed by atoms with Crippen LogP contribution in [0.1, 0.15) is 6.92 Å². The monoisotopic (exact) mass is 317 g/mol. The standard InChI is InChI=1S/C13H16ClNO4S/c1-9(20-11-5-3-2-4-10(11)14)13(18)15-6-7-19-8-12(16)17/h2-5,9H,6-8H2,1H3,(H,15,18)(H,16,17). The molecule has 1 aromatic rings. The molecule has 5 nitrogen and oxygen atoms in total. The molecule has 0 aromatic heterocycles. The van der Waals surface area contributed by atoms with Crippen molar-refractivity contribution in [1.82, 2.24) is 5.32 Å². The number of benzene rings is 1. The number of thioether (sulfide) groups is 1. The van der Waals surface area contributed by atoms with Crippen molar-refractivity contribution < 1.29 is 19.4 Å². The van der Waals surface area contributed by atoms with E-state index in [1.807, 2.05) is 18.2 Å². The van der Waals surface area contributed by atoms with Crippen LogP contribution < -0.4 is 5.32 Å². The van der Waals surface area contributed by atoms with Gasteiger partial charge in [-0.25, -0.2) is 4.79 Å². The Morgan fingerprint density at radius 2 is 2.15 bits per heavy atom. The molecule has 0 heterocycles. The lowest BCUT2D eigenvalue weighted by Gasteiger charge is -2.12. The Bertz CT molecular complexity index is 469. The SMILES string of the molecule is CC(Sc1ccccc1Cl)C(=O)NCCOCC(=O)O. The summed E-state index contributed by atoms with van der Waals surface area (Å²) in [6.07, 6.45) is 0. The van der Waals surface area contributed by atoms with Crippen molar-refractivity contribution in [1.29, 1.82) is 0 Å². The molecule has 1 aromatic carbocycles. The van der Waals surface area contributed by atoms with Gasteiger partial charge in [-0.2, -0.15) is 0 Å². The minimum atomic E-state index is -1.03. The van der Waals surface area contributed by atoms with Crippen LogP contribution >= 0.6 is 23.4 Å². The van der Waals surface area contributed by atoms with Crippen LogP contribution in [0.4, 0.5) is 0 Å². The fourth-order valence-electron chi connectivity index (χ4n) is 1.33. The lowest BCUT2D eigenvalue weighted by atomic mass is 10.4. The lowest BCUT2D eigenvalue weighted by molar-refractivity contribution is -0.142. The van der Waals surface area contributed by atoms with Gasteiger partial charge in [0.25, 0.3) is 0 Å². The third kappa shape index (κ3) is 6.27. The zero-order valence-corrected chi connectivity index (χ0v) is 12.5. The van der Waals surface area contributed by atoms with Crippen molar-refractivity contribution in [2.24, 2.45) is 0 Å². The molecule has 0 aliphatic carbocycles. The second kappa shape index (κ2) is 8.84. The molecule has 20 heavy (non-hydrogen) atoms. The summed E-state index contributed by atoms with van der Waals surface area (Å²) in [6, 6.07) is 7.32. The lowest BCUT2D eigenvalue weighted by Crippen LogP contribution is -2.33. The van der Waals surface area contributed by atoms with E-state index in [0.717, 1.165) is 4.90 Å². The van der Waals surface area contributed by atoms with Gasteiger partial charge < -0.3 is 15.2 Å². The number of hydrogen-bond acceptors (Lipinski definition) is 4. The van der Waals surface area contributed by atoms with E-state index in [1.54, 1.807) is 13.0 Å². The third-order valence-electron chi connectivity index (χ3n) is 2.28. The van der Waals surface area contributed by atoms with Crippen LogP contribution in [0.5, 0.6) is 0 Å². The number of rotatable bonds is 8. The summed E-state index contributed by atoms with van der Waals surface area (Å²) in [5.41, 5.74) is 0.